The van der Waals surface area contributed by atoms with Crippen LogP contribution in [0.4, 0.5) is 58.4 Å². The maximum Gasteiger partial charge on any atom is 0.250 e. The number of aromatic nitrogens is 6. The van der Waals surface area contributed by atoms with Crippen LogP contribution in [-0.4, -0.2) is 42.3 Å². The number of nitrogens with one attached hydrogen (secondary N) is 6. The van der Waals surface area contributed by atoms with E-state index in [1.165, 1.54) is 0 Å². The van der Waals surface area contributed by atoms with E-state index in [1.54, 1.807) is 12.4 Å². The number of hydrogen-bond acceptors (Lipinski definition) is 14. The van der Waals surface area contributed by atoms with Crippen LogP contribution in [0.2, 0.25) is 0 Å². The molecule has 254 valence electrons. The largest absolute Gasteiger partial charge is 0.324 e. The number of anilines is 10. The van der Waals surface area contributed by atoms with Crippen LogP contribution in [0.1, 0.15) is 11.1 Å². The van der Waals surface area contributed by atoms with Crippen molar-refractivity contribution < 1.29 is 0 Å². The molecule has 2 heterocycles. The highest BCUT2D eigenvalue weighted by Crippen LogP contribution is 2.20. The standard InChI is InChI=1S/C38H32N14/c1-5-13-29(14-6-1)41-33-45-34(42-30-15-7-2-8-16-30)48-37(47-33)51-39-25-27-21-23-28(24-22-27)26-40-52-38-49-35(43-31-17-9-3-10-18-31)46-36(50-38)44-32-19-11-4-12-20-32/h1-26H,(H3,41,42,45,47,48,51)(H3,43,44,46,49,50,52)/b39-25-,40-26-. The average molecular weight is 685 g/mol. The minimum absolute atomic E-state index is 0.264. The molecule has 0 aliphatic heterocycles. The summed E-state index contributed by atoms with van der Waals surface area (Å²) in [5, 5.41) is 21.5. The van der Waals surface area contributed by atoms with E-state index in [2.05, 4.69) is 72.2 Å². The van der Waals surface area contributed by atoms with Crippen molar-refractivity contribution in [2.24, 2.45) is 10.2 Å². The highest BCUT2D eigenvalue weighted by molar-refractivity contribution is 5.84. The van der Waals surface area contributed by atoms with E-state index in [0.717, 1.165) is 33.9 Å². The van der Waals surface area contributed by atoms with Crippen molar-refractivity contribution in [3.05, 3.63) is 157 Å². The van der Waals surface area contributed by atoms with Crippen molar-refractivity contribution in [3.8, 4) is 0 Å². The zero-order valence-electron chi connectivity index (χ0n) is 27.6. The number of hydrazone groups is 2. The fourth-order valence-electron chi connectivity index (χ4n) is 4.68. The summed E-state index contributed by atoms with van der Waals surface area (Å²) in [6, 6.07) is 46.3. The summed E-state index contributed by atoms with van der Waals surface area (Å²) in [4.78, 5) is 27.0. The Balaban J connectivity index is 1.00. The van der Waals surface area contributed by atoms with Gasteiger partial charge in [-0.05, 0) is 59.7 Å². The highest BCUT2D eigenvalue weighted by Gasteiger charge is 2.09. The molecule has 0 spiro atoms. The number of benzene rings is 5. The Morgan fingerprint density at radius 2 is 0.558 bits per heavy atom. The number of rotatable bonds is 14. The van der Waals surface area contributed by atoms with Crippen LogP contribution in [-0.2, 0) is 0 Å². The van der Waals surface area contributed by atoms with Crippen LogP contribution in [0.3, 0.4) is 0 Å². The minimum Gasteiger partial charge on any atom is -0.324 e. The molecule has 5 aromatic carbocycles. The molecule has 52 heavy (non-hydrogen) atoms. The smallest absolute Gasteiger partial charge is 0.250 e. The molecule has 6 N–H and O–H groups in total. The first-order chi connectivity index (χ1) is 25.7. The quantitative estimate of drug-likeness (QED) is 0.0483. The van der Waals surface area contributed by atoms with E-state index in [4.69, 9.17) is 0 Å². The van der Waals surface area contributed by atoms with Gasteiger partial charge in [-0.2, -0.15) is 40.1 Å². The molecular formula is C38H32N14. The third-order valence-corrected chi connectivity index (χ3v) is 7.08. The zero-order valence-corrected chi connectivity index (χ0v) is 27.6. The predicted molar refractivity (Wildman–Crippen MR) is 207 cm³/mol. The lowest BCUT2D eigenvalue weighted by Crippen LogP contribution is -2.07. The highest BCUT2D eigenvalue weighted by atomic mass is 15.4. The van der Waals surface area contributed by atoms with Gasteiger partial charge in [-0.3, -0.25) is 0 Å². The second kappa shape index (κ2) is 16.6. The Labute approximate surface area is 299 Å². The minimum atomic E-state index is 0.264. The molecule has 0 saturated carbocycles. The van der Waals surface area contributed by atoms with Crippen LogP contribution in [0, 0.1) is 0 Å². The van der Waals surface area contributed by atoms with Gasteiger partial charge < -0.3 is 21.3 Å². The van der Waals surface area contributed by atoms with Gasteiger partial charge in [-0.15, -0.1) is 0 Å². The van der Waals surface area contributed by atoms with Crippen molar-refractivity contribution in [2.45, 2.75) is 0 Å². The number of para-hydroxylation sites is 4. The van der Waals surface area contributed by atoms with E-state index in [9.17, 15) is 0 Å². The van der Waals surface area contributed by atoms with Gasteiger partial charge in [0.2, 0.25) is 35.7 Å². The SMILES string of the molecule is C(=N/Nc1nc(Nc2ccccc2)nc(Nc2ccccc2)n1)/c1ccc(/C=N\Nc2nc(Nc3ccccc3)nc(Nc3ccccc3)n2)cc1. The van der Waals surface area contributed by atoms with Gasteiger partial charge >= 0.3 is 0 Å². The number of hydrogen-bond donors (Lipinski definition) is 6. The van der Waals surface area contributed by atoms with Crippen molar-refractivity contribution in [3.63, 3.8) is 0 Å². The van der Waals surface area contributed by atoms with Crippen molar-refractivity contribution >= 4 is 70.9 Å². The topological polar surface area (TPSA) is 174 Å². The van der Waals surface area contributed by atoms with Gasteiger partial charge in [0.25, 0.3) is 0 Å². The Morgan fingerprint density at radius 1 is 0.308 bits per heavy atom. The molecule has 2 aromatic heterocycles. The Morgan fingerprint density at radius 3 is 0.827 bits per heavy atom. The summed E-state index contributed by atoms with van der Waals surface area (Å²) in [7, 11) is 0. The normalized spacial score (nSPS) is 10.9. The molecule has 0 atom stereocenters. The second-order valence-corrected chi connectivity index (χ2v) is 11.0. The molecule has 0 amide bonds. The number of nitrogens with zero attached hydrogens (tertiary/aromatic N) is 8. The first kappa shape index (κ1) is 32.8. The molecule has 0 aliphatic rings. The average Bonchev–Trinajstić information content (AvgIpc) is 3.17. The molecule has 0 radical (unpaired) electrons. The molecule has 0 saturated heterocycles. The lowest BCUT2D eigenvalue weighted by Gasteiger charge is -2.10. The monoisotopic (exact) mass is 684 g/mol. The molecule has 0 fully saturated rings. The summed E-state index contributed by atoms with van der Waals surface area (Å²) < 4.78 is 0. The maximum atomic E-state index is 4.51. The Hall–Kier alpha value is -7.74. The first-order valence-electron chi connectivity index (χ1n) is 16.2. The van der Waals surface area contributed by atoms with Crippen LogP contribution in [0.5, 0.6) is 0 Å². The Kier molecular flexibility index (Phi) is 10.5. The molecule has 0 aliphatic carbocycles. The third kappa shape index (κ3) is 9.67. The summed E-state index contributed by atoms with van der Waals surface area (Å²) in [5.41, 5.74) is 10.9. The van der Waals surface area contributed by atoms with Gasteiger partial charge in [-0.1, -0.05) is 97.1 Å². The summed E-state index contributed by atoms with van der Waals surface area (Å²) in [6.45, 7) is 0. The van der Waals surface area contributed by atoms with Crippen molar-refractivity contribution in [1.29, 1.82) is 0 Å². The van der Waals surface area contributed by atoms with Gasteiger partial charge in [0.05, 0.1) is 12.4 Å². The molecule has 7 aromatic rings. The zero-order chi connectivity index (χ0) is 35.2. The molecule has 14 nitrogen and oxygen atoms in total. The summed E-state index contributed by atoms with van der Waals surface area (Å²) >= 11 is 0. The first-order valence-corrected chi connectivity index (χ1v) is 16.2. The van der Waals surface area contributed by atoms with Crippen LogP contribution < -0.4 is 32.1 Å². The fraction of sp³-hybridized carbons (Fsp3) is 0. The van der Waals surface area contributed by atoms with E-state index < -0.39 is 0 Å². The van der Waals surface area contributed by atoms with E-state index in [1.807, 2.05) is 146 Å². The maximum absolute atomic E-state index is 4.51. The Bertz CT molecular complexity index is 1950. The lowest BCUT2D eigenvalue weighted by molar-refractivity contribution is 1.04. The van der Waals surface area contributed by atoms with Crippen molar-refractivity contribution in [1.82, 2.24) is 29.9 Å². The van der Waals surface area contributed by atoms with Gasteiger partial charge in [0, 0.05) is 22.7 Å². The van der Waals surface area contributed by atoms with Crippen LogP contribution in [0.15, 0.2) is 156 Å². The van der Waals surface area contributed by atoms with Crippen LogP contribution >= 0.6 is 0 Å². The molecule has 7 rings (SSSR count). The molecule has 0 bridgehead atoms. The van der Waals surface area contributed by atoms with E-state index in [-0.39, 0.29) is 11.9 Å². The second-order valence-electron chi connectivity index (χ2n) is 11.0. The van der Waals surface area contributed by atoms with E-state index in [0.29, 0.717) is 23.8 Å². The molecule has 14 heteroatoms. The third-order valence-electron chi connectivity index (χ3n) is 7.08. The fourth-order valence-corrected chi connectivity index (χ4v) is 4.68. The summed E-state index contributed by atoms with van der Waals surface area (Å²) in [6.07, 6.45) is 3.34. The summed E-state index contributed by atoms with van der Waals surface area (Å²) in [5.74, 6) is 1.97. The van der Waals surface area contributed by atoms with Crippen molar-refractivity contribution in [2.75, 3.05) is 32.1 Å². The molecule has 0 unspecified atom stereocenters. The van der Waals surface area contributed by atoms with Gasteiger partial charge in [-0.25, -0.2) is 10.9 Å². The molecular weight excluding hydrogens is 653 g/mol. The van der Waals surface area contributed by atoms with Crippen LogP contribution in [0.25, 0.3) is 0 Å². The van der Waals surface area contributed by atoms with Gasteiger partial charge in [0.1, 0.15) is 0 Å². The van der Waals surface area contributed by atoms with Gasteiger partial charge in [0.15, 0.2) is 0 Å². The lowest BCUT2D eigenvalue weighted by atomic mass is 10.2. The van der Waals surface area contributed by atoms with E-state index >= 15 is 0 Å². The predicted octanol–water partition coefficient (Wildman–Crippen LogP) is 7.92.